The van der Waals surface area contributed by atoms with E-state index in [1.807, 2.05) is 32.0 Å². The van der Waals surface area contributed by atoms with Crippen LogP contribution in [-0.4, -0.2) is 25.9 Å². The molecule has 1 aliphatic carbocycles. The molecule has 54 heavy (non-hydrogen) atoms. The molecule has 4 aromatic carbocycles. The van der Waals surface area contributed by atoms with Gasteiger partial charge in [-0.05, 0) is 72.5 Å². The third-order valence-electron chi connectivity index (χ3n) is 9.34. The number of anilines is 2. The maximum atomic E-state index is 12.6. The van der Waals surface area contributed by atoms with E-state index < -0.39 is 20.2 Å². The van der Waals surface area contributed by atoms with Crippen LogP contribution in [0.1, 0.15) is 61.1 Å². The van der Waals surface area contributed by atoms with Crippen LogP contribution in [0.3, 0.4) is 0 Å². The zero-order chi connectivity index (χ0) is 37.5. The van der Waals surface area contributed by atoms with Crippen molar-refractivity contribution in [1.82, 2.24) is 0 Å². The Bertz CT molecular complexity index is 2610. The van der Waals surface area contributed by atoms with Crippen LogP contribution in [-0.2, 0) is 45.9 Å². The van der Waals surface area contributed by atoms with Crippen molar-refractivity contribution in [1.29, 1.82) is 0 Å². The predicted molar refractivity (Wildman–Crippen MR) is 203 cm³/mol. The molecule has 9 nitrogen and oxygen atoms in total. The molecule has 1 heterocycles. The summed E-state index contributed by atoms with van der Waals surface area (Å²) >= 11 is 0. The molecule has 2 N–H and O–H groups in total. The monoisotopic (exact) mass is 782 g/mol. The van der Waals surface area contributed by atoms with Gasteiger partial charge in [0.15, 0.2) is 0 Å². The number of benzene rings is 5. The fourth-order valence-corrected chi connectivity index (χ4v) is 8.77. The van der Waals surface area contributed by atoms with Gasteiger partial charge in [0, 0.05) is 45.6 Å². The molecule has 1 aliphatic heterocycles. The van der Waals surface area contributed by atoms with Crippen LogP contribution in [0.15, 0.2) is 92.0 Å². The van der Waals surface area contributed by atoms with E-state index in [9.17, 15) is 25.9 Å². The number of hydrogen-bond donors (Lipinski definition) is 2. The van der Waals surface area contributed by atoms with Crippen LogP contribution >= 0.6 is 0 Å². The fourth-order valence-electron chi connectivity index (χ4n) is 7.07. The minimum Gasteiger partial charge on any atom is -0.744 e. The molecule has 0 saturated carbocycles. The molecule has 0 unspecified atom stereocenters. The standard InChI is InChI=1S/C41H41N2O7S2.2Na/c1-7-26-19-24(5)20-27(8-2)39(26)42-29-15-17-32-35(22-29)50-36-23-30(16-18-33(36)38(32)34-13-11-12-14-37(34)51(44,45)46)43-40-28(9-3)21-25(6)41(31(40)10-4)52(47,48)49;;/h11-19,21-23,43H,7-10H2,1-6H3,(H,44,45,46)(H,47,48,49);;/q-1;2*+1/p-1. The van der Waals surface area contributed by atoms with E-state index in [0.717, 1.165) is 40.8 Å². The average Bonchev–Trinajstić information content (AvgIpc) is 3.10. The summed E-state index contributed by atoms with van der Waals surface area (Å²) in [6.07, 6.45) is 2.43. The van der Waals surface area contributed by atoms with Gasteiger partial charge in [0.25, 0.3) is 10.1 Å². The van der Waals surface area contributed by atoms with Gasteiger partial charge >= 0.3 is 59.1 Å². The molecule has 0 amide bonds. The van der Waals surface area contributed by atoms with Gasteiger partial charge in [-0.2, -0.15) is 26.1 Å². The molecular formula is C41H40N2Na2O7S2. The van der Waals surface area contributed by atoms with E-state index in [4.69, 9.17) is 9.41 Å². The Morgan fingerprint density at radius 1 is 0.815 bits per heavy atom. The Kier molecular flexibility index (Phi) is 14.3. The number of nitrogens with one attached hydrogen (secondary N) is 1. The van der Waals surface area contributed by atoms with Crippen LogP contribution < -0.4 is 69.8 Å². The van der Waals surface area contributed by atoms with E-state index in [1.165, 1.54) is 6.07 Å². The molecule has 0 radical (unpaired) electrons. The Morgan fingerprint density at radius 3 is 2.15 bits per heavy atom. The van der Waals surface area contributed by atoms with E-state index in [2.05, 4.69) is 31.3 Å². The smallest absolute Gasteiger partial charge is 0.744 e. The number of aryl methyl sites for hydroxylation is 5. The largest absolute Gasteiger partial charge is 1.00 e. The summed E-state index contributed by atoms with van der Waals surface area (Å²) < 4.78 is 79.2. The Morgan fingerprint density at radius 2 is 1.52 bits per heavy atom. The Balaban J connectivity index is 0.00000325. The molecule has 0 atom stereocenters. The van der Waals surface area contributed by atoms with Gasteiger partial charge < -0.3 is 19.3 Å². The topological polar surface area (TPSA) is 149 Å². The second-order valence-corrected chi connectivity index (χ2v) is 15.5. The molecule has 2 aliphatic rings. The first-order valence-corrected chi connectivity index (χ1v) is 20.1. The Labute approximate surface area is 361 Å². The summed E-state index contributed by atoms with van der Waals surface area (Å²) in [7, 11) is -9.36. The molecule has 0 spiro atoms. The first-order chi connectivity index (χ1) is 24.7. The molecule has 0 bridgehead atoms. The molecule has 0 saturated heterocycles. The molecule has 4 aromatic rings. The van der Waals surface area contributed by atoms with Crippen LogP contribution in [0.5, 0.6) is 0 Å². The third-order valence-corrected chi connectivity index (χ3v) is 11.3. The van der Waals surface area contributed by atoms with Gasteiger partial charge in [-0.3, -0.25) is 4.55 Å². The van der Waals surface area contributed by atoms with Crippen molar-refractivity contribution in [3.05, 3.63) is 118 Å². The summed E-state index contributed by atoms with van der Waals surface area (Å²) in [5.74, 6) is 0.428. The summed E-state index contributed by atoms with van der Waals surface area (Å²) in [6, 6.07) is 24.3. The van der Waals surface area contributed by atoms with E-state index in [-0.39, 0.29) is 68.9 Å². The first-order valence-electron chi connectivity index (χ1n) is 17.2. The van der Waals surface area contributed by atoms with Crippen molar-refractivity contribution in [2.24, 2.45) is 4.99 Å². The van der Waals surface area contributed by atoms with Gasteiger partial charge in [-0.15, -0.1) is 11.1 Å². The van der Waals surface area contributed by atoms with Crippen LogP contribution in [0.2, 0.25) is 0 Å². The minimum atomic E-state index is -4.75. The summed E-state index contributed by atoms with van der Waals surface area (Å²) in [5, 5.41) is 4.58. The second-order valence-electron chi connectivity index (χ2n) is 12.8. The summed E-state index contributed by atoms with van der Waals surface area (Å²) in [6.45, 7) is 11.6. The van der Waals surface area contributed by atoms with Crippen molar-refractivity contribution < 1.29 is 89.5 Å². The van der Waals surface area contributed by atoms with E-state index >= 15 is 0 Å². The Hall–Kier alpha value is -2.81. The molecule has 0 aromatic heterocycles. The van der Waals surface area contributed by atoms with E-state index in [1.54, 1.807) is 56.3 Å². The molecule has 6 rings (SSSR count). The zero-order valence-corrected chi connectivity index (χ0v) is 37.6. The number of fused-ring (bicyclic) bond motifs is 2. The van der Waals surface area contributed by atoms with Crippen molar-refractivity contribution in [3.8, 4) is 22.5 Å². The van der Waals surface area contributed by atoms with Crippen LogP contribution in [0.4, 0.5) is 17.1 Å². The van der Waals surface area contributed by atoms with E-state index in [0.29, 0.717) is 74.1 Å². The van der Waals surface area contributed by atoms with Crippen molar-refractivity contribution in [3.63, 3.8) is 0 Å². The van der Waals surface area contributed by atoms with Gasteiger partial charge in [0.2, 0.25) is 0 Å². The number of rotatable bonds is 10. The maximum absolute atomic E-state index is 12.6. The fraction of sp³-hybridized carbons (Fsp3) is 0.244. The normalized spacial score (nSPS) is 12.1. The molecule has 270 valence electrons. The average molecular weight is 783 g/mol. The maximum Gasteiger partial charge on any atom is 1.00 e. The third kappa shape index (κ3) is 8.76. The van der Waals surface area contributed by atoms with Gasteiger partial charge in [-0.1, -0.05) is 71.7 Å². The predicted octanol–water partition coefficient (Wildman–Crippen LogP) is 3.01. The molecule has 0 fully saturated rings. The van der Waals surface area contributed by atoms with Gasteiger partial charge in [-0.25, -0.2) is 8.42 Å². The summed E-state index contributed by atoms with van der Waals surface area (Å²) in [5.41, 5.74) is 8.59. The van der Waals surface area contributed by atoms with Crippen LogP contribution in [0.25, 0.3) is 33.4 Å². The van der Waals surface area contributed by atoms with Crippen molar-refractivity contribution in [2.45, 2.75) is 77.0 Å². The zero-order valence-electron chi connectivity index (χ0n) is 31.9. The quantitative estimate of drug-likeness (QED) is 0.0934. The SMILES string of the molecule is CCc1[c-]c(C)cc(CC)c1N=c1ccc2c(-c3ccccc3S(=O)(=O)O)c3ccc(Nc4c(CC)cc(C)c(S(=O)(=O)[O-])c4CC)cc3oc-2c1.[Na+].[Na+]. The first kappa shape index (κ1) is 43.9. The summed E-state index contributed by atoms with van der Waals surface area (Å²) in [4.78, 5) is 4.57. The molecule has 13 heteroatoms. The number of hydrogen-bond acceptors (Lipinski definition) is 8. The second kappa shape index (κ2) is 17.5. The molecular weight excluding hydrogens is 743 g/mol. The number of nitrogens with zero attached hydrogens (tertiary/aromatic N) is 1. The minimum absolute atomic E-state index is 0. The van der Waals surface area contributed by atoms with Crippen LogP contribution in [0, 0.1) is 19.9 Å². The van der Waals surface area contributed by atoms with Crippen molar-refractivity contribution >= 4 is 48.3 Å². The van der Waals surface area contributed by atoms with Gasteiger partial charge in [0.1, 0.15) is 26.4 Å². The van der Waals surface area contributed by atoms with Gasteiger partial charge in [0.05, 0.1) is 10.3 Å². The van der Waals surface area contributed by atoms with Crippen molar-refractivity contribution in [2.75, 3.05) is 5.32 Å².